The Hall–Kier alpha value is -2.15. The fraction of sp³-hybridized carbons (Fsp3) is 0.308. The van der Waals surface area contributed by atoms with Crippen LogP contribution in [0.3, 0.4) is 0 Å². The number of aryl methyl sites for hydroxylation is 1. The van der Waals surface area contributed by atoms with E-state index in [2.05, 4.69) is 10.2 Å². The monoisotopic (exact) mass is 290 g/mol. The van der Waals surface area contributed by atoms with E-state index < -0.39 is 5.97 Å². The van der Waals surface area contributed by atoms with Crippen molar-refractivity contribution >= 4 is 23.0 Å². The third-order valence-electron chi connectivity index (χ3n) is 3.33. The summed E-state index contributed by atoms with van der Waals surface area (Å²) in [5.74, 6) is -0.892. The molecule has 3 rings (SSSR count). The molecular weight excluding hydrogens is 276 g/mol. The third-order valence-corrected chi connectivity index (χ3v) is 4.45. The Morgan fingerprint density at radius 2 is 2.25 bits per heavy atom. The number of carbonyl (C=O) groups is 1. The second-order valence-corrected chi connectivity index (χ2v) is 5.84. The van der Waals surface area contributed by atoms with E-state index in [9.17, 15) is 4.79 Å². The van der Waals surface area contributed by atoms with Crippen LogP contribution in [0.1, 0.15) is 32.6 Å². The highest BCUT2D eigenvalue weighted by Crippen LogP contribution is 2.32. The van der Waals surface area contributed by atoms with E-state index in [4.69, 9.17) is 5.11 Å². The summed E-state index contributed by atoms with van der Waals surface area (Å²) in [4.78, 5) is 12.2. The molecule has 20 heavy (non-hydrogen) atoms. The molecule has 1 N–H and O–H groups in total. The molecule has 1 aliphatic heterocycles. The zero-order chi connectivity index (χ0) is 14.3. The molecular formula is C13H14N4O2S. The molecule has 0 aromatic carbocycles. The number of thiophene rings is 1. The van der Waals surface area contributed by atoms with Crippen LogP contribution in [-0.2, 0) is 7.05 Å². The highest BCUT2D eigenvalue weighted by atomic mass is 32.1. The number of carboxylic acids is 1. The fourth-order valence-electron chi connectivity index (χ4n) is 2.32. The van der Waals surface area contributed by atoms with Crippen LogP contribution in [0.4, 0.5) is 0 Å². The lowest BCUT2D eigenvalue weighted by Gasteiger charge is -2.16. The lowest BCUT2D eigenvalue weighted by Crippen LogP contribution is -2.13. The molecule has 1 atom stereocenters. The van der Waals surface area contributed by atoms with Gasteiger partial charge in [0.1, 0.15) is 4.88 Å². The van der Waals surface area contributed by atoms with E-state index in [1.807, 2.05) is 37.6 Å². The van der Waals surface area contributed by atoms with Gasteiger partial charge in [0.25, 0.3) is 0 Å². The molecule has 0 amide bonds. The van der Waals surface area contributed by atoms with Crippen molar-refractivity contribution in [2.75, 3.05) is 7.05 Å². The van der Waals surface area contributed by atoms with Crippen LogP contribution >= 0.6 is 11.3 Å². The second kappa shape index (κ2) is 4.75. The number of nitrogens with zero attached hydrogens (tertiary/aromatic N) is 4. The van der Waals surface area contributed by atoms with Crippen LogP contribution in [0.15, 0.2) is 29.6 Å². The number of aromatic carboxylic acids is 1. The Labute approximate surface area is 120 Å². The van der Waals surface area contributed by atoms with E-state index in [-0.39, 0.29) is 6.04 Å². The molecule has 0 unspecified atom stereocenters. The van der Waals surface area contributed by atoms with Crippen LogP contribution < -0.4 is 0 Å². The largest absolute Gasteiger partial charge is 0.477 e. The molecule has 0 fully saturated rings. The number of hydrogen-bond donors (Lipinski definition) is 1. The molecule has 0 aliphatic carbocycles. The maximum atomic E-state index is 10.9. The van der Waals surface area contributed by atoms with Crippen molar-refractivity contribution in [1.82, 2.24) is 14.8 Å². The average molecular weight is 290 g/mol. The van der Waals surface area contributed by atoms with Crippen LogP contribution in [0.5, 0.6) is 0 Å². The van der Waals surface area contributed by atoms with Gasteiger partial charge >= 0.3 is 5.97 Å². The molecule has 7 heteroatoms. The Morgan fingerprint density at radius 3 is 2.85 bits per heavy atom. The maximum Gasteiger partial charge on any atom is 0.345 e. The summed E-state index contributed by atoms with van der Waals surface area (Å²) in [7, 11) is 3.81. The first-order valence-corrected chi connectivity index (χ1v) is 6.98. The number of rotatable bonds is 3. The Balaban J connectivity index is 1.83. The first-order valence-electron chi connectivity index (χ1n) is 6.17. The first kappa shape index (κ1) is 12.9. The van der Waals surface area contributed by atoms with Crippen molar-refractivity contribution in [3.8, 4) is 0 Å². The van der Waals surface area contributed by atoms with Gasteiger partial charge in [0.2, 0.25) is 0 Å². The van der Waals surface area contributed by atoms with E-state index in [1.54, 1.807) is 10.7 Å². The maximum absolute atomic E-state index is 10.9. The summed E-state index contributed by atoms with van der Waals surface area (Å²) < 4.78 is 1.77. The van der Waals surface area contributed by atoms with Gasteiger partial charge in [-0.25, -0.2) is 4.79 Å². The predicted octanol–water partition coefficient (Wildman–Crippen LogP) is 1.96. The van der Waals surface area contributed by atoms with Gasteiger partial charge in [0, 0.05) is 32.3 Å². The minimum atomic E-state index is -0.892. The number of carboxylic acid groups (broad SMARTS) is 1. The van der Waals surface area contributed by atoms with Gasteiger partial charge < -0.3 is 5.11 Å². The Bertz CT molecular complexity index is 688. The van der Waals surface area contributed by atoms with Gasteiger partial charge in [0.15, 0.2) is 0 Å². The predicted molar refractivity (Wildman–Crippen MR) is 76.1 cm³/mol. The fourth-order valence-corrected chi connectivity index (χ4v) is 3.16. The molecule has 0 radical (unpaired) electrons. The second-order valence-electron chi connectivity index (χ2n) is 4.76. The van der Waals surface area contributed by atoms with Crippen molar-refractivity contribution in [1.29, 1.82) is 0 Å². The number of hydrogen-bond acceptors (Lipinski definition) is 5. The van der Waals surface area contributed by atoms with Crippen LogP contribution in [0, 0.1) is 0 Å². The van der Waals surface area contributed by atoms with Gasteiger partial charge in [-0.1, -0.05) is 0 Å². The van der Waals surface area contributed by atoms with Gasteiger partial charge in [0.05, 0.1) is 22.8 Å². The molecule has 2 aromatic rings. The molecule has 3 heterocycles. The van der Waals surface area contributed by atoms with Crippen molar-refractivity contribution in [2.45, 2.75) is 12.5 Å². The molecule has 104 valence electrons. The third kappa shape index (κ3) is 2.20. The van der Waals surface area contributed by atoms with Crippen LogP contribution in [0.2, 0.25) is 0 Å². The summed E-state index contributed by atoms with van der Waals surface area (Å²) >= 11 is 1.26. The lowest BCUT2D eigenvalue weighted by atomic mass is 10.1. The SMILES string of the molecule is CN1N=C(c2ccc(C(=O)O)s2)C[C@H]1c1cnn(C)c1. The van der Waals surface area contributed by atoms with Crippen molar-refractivity contribution in [3.05, 3.63) is 39.8 Å². The van der Waals surface area contributed by atoms with Gasteiger partial charge in [-0.05, 0) is 12.1 Å². The molecule has 0 spiro atoms. The highest BCUT2D eigenvalue weighted by molar-refractivity contribution is 7.16. The smallest absolute Gasteiger partial charge is 0.345 e. The highest BCUT2D eigenvalue weighted by Gasteiger charge is 2.28. The summed E-state index contributed by atoms with van der Waals surface area (Å²) in [5.41, 5.74) is 2.04. The Morgan fingerprint density at radius 1 is 1.45 bits per heavy atom. The summed E-state index contributed by atoms with van der Waals surface area (Å²) in [5, 5.41) is 19.6. The minimum absolute atomic E-state index is 0.161. The normalized spacial score (nSPS) is 18.4. The van der Waals surface area contributed by atoms with Crippen molar-refractivity contribution in [2.24, 2.45) is 12.1 Å². The zero-order valence-electron chi connectivity index (χ0n) is 11.1. The zero-order valence-corrected chi connectivity index (χ0v) is 12.0. The van der Waals surface area contributed by atoms with Crippen molar-refractivity contribution in [3.63, 3.8) is 0 Å². The van der Waals surface area contributed by atoms with Gasteiger partial charge in [-0.3, -0.25) is 9.69 Å². The summed E-state index contributed by atoms with van der Waals surface area (Å²) in [6, 6.07) is 3.61. The quantitative estimate of drug-likeness (QED) is 0.938. The van der Waals surface area contributed by atoms with E-state index in [1.165, 1.54) is 11.3 Å². The Kier molecular flexibility index (Phi) is 3.06. The number of hydrazone groups is 1. The average Bonchev–Trinajstić information content (AvgIpc) is 3.07. The van der Waals surface area contributed by atoms with Crippen molar-refractivity contribution < 1.29 is 9.90 Å². The molecule has 2 aromatic heterocycles. The molecule has 0 saturated heterocycles. The standard InChI is InChI=1S/C13H14N4O2S/c1-16-7-8(6-14-16)10-5-9(15-17(10)2)11-3-4-12(20-11)13(18)19/h3-4,6-7,10H,5H2,1-2H3,(H,18,19)/t10-/m0/s1. The van der Waals surface area contributed by atoms with E-state index >= 15 is 0 Å². The van der Waals surface area contributed by atoms with E-state index in [0.29, 0.717) is 4.88 Å². The summed E-state index contributed by atoms with van der Waals surface area (Å²) in [6.45, 7) is 0. The molecule has 0 bridgehead atoms. The topological polar surface area (TPSA) is 70.7 Å². The summed E-state index contributed by atoms with van der Waals surface area (Å²) in [6.07, 6.45) is 4.59. The molecule has 0 saturated carbocycles. The van der Waals surface area contributed by atoms with Gasteiger partial charge in [-0.2, -0.15) is 10.2 Å². The van der Waals surface area contributed by atoms with E-state index in [0.717, 1.165) is 22.6 Å². The lowest BCUT2D eigenvalue weighted by molar-refractivity contribution is 0.0702. The van der Waals surface area contributed by atoms with Gasteiger partial charge in [-0.15, -0.1) is 11.3 Å². The molecule has 1 aliphatic rings. The van der Waals surface area contributed by atoms with Crippen LogP contribution in [-0.4, -0.2) is 38.6 Å². The minimum Gasteiger partial charge on any atom is -0.477 e. The number of aromatic nitrogens is 2. The van der Waals surface area contributed by atoms with Crippen LogP contribution in [0.25, 0.3) is 0 Å². The first-order chi connectivity index (χ1) is 9.54. The molecule has 6 nitrogen and oxygen atoms in total.